The van der Waals surface area contributed by atoms with Crippen LogP contribution in [0, 0.1) is 6.92 Å². The minimum Gasteiger partial charge on any atom is -0.465 e. The SMILES string of the molecule is COC(=O)c1cc(CN(C)C(=O)CCc2ccc(Cl)cc2Cl)oc1C. The number of aryl methyl sites for hydroxylation is 2. The number of carbonyl (C=O) groups excluding carboxylic acids is 2. The van der Waals surface area contributed by atoms with Gasteiger partial charge in [0.05, 0.1) is 13.7 Å². The lowest BCUT2D eigenvalue weighted by Crippen LogP contribution is -2.26. The Morgan fingerprint density at radius 1 is 1.24 bits per heavy atom. The first-order valence-electron chi connectivity index (χ1n) is 7.67. The third-order valence-corrected chi connectivity index (χ3v) is 4.40. The zero-order chi connectivity index (χ0) is 18.6. The molecule has 0 N–H and O–H groups in total. The molecule has 1 aromatic carbocycles. The van der Waals surface area contributed by atoms with Crippen molar-refractivity contribution < 1.29 is 18.7 Å². The Balaban J connectivity index is 1.95. The van der Waals surface area contributed by atoms with Crippen molar-refractivity contribution in [3.8, 4) is 0 Å². The number of rotatable bonds is 6. The standard InChI is InChI=1S/C18H19Cl2NO4/c1-11-15(18(23)24-3)9-14(25-11)10-21(2)17(22)7-5-12-4-6-13(19)8-16(12)20/h4,6,8-9H,5,7,10H2,1-3H3. The van der Waals surface area contributed by atoms with Crippen LogP contribution in [0.4, 0.5) is 0 Å². The highest BCUT2D eigenvalue weighted by molar-refractivity contribution is 6.35. The maximum Gasteiger partial charge on any atom is 0.341 e. The van der Waals surface area contributed by atoms with Gasteiger partial charge in [0, 0.05) is 23.5 Å². The average molecular weight is 384 g/mol. The van der Waals surface area contributed by atoms with Gasteiger partial charge in [-0.2, -0.15) is 0 Å². The van der Waals surface area contributed by atoms with Crippen molar-refractivity contribution in [3.63, 3.8) is 0 Å². The Kier molecular flexibility index (Phi) is 6.51. The molecule has 0 saturated carbocycles. The maximum atomic E-state index is 12.3. The summed E-state index contributed by atoms with van der Waals surface area (Å²) in [5.41, 5.74) is 1.24. The number of amides is 1. The van der Waals surface area contributed by atoms with Crippen molar-refractivity contribution in [3.05, 3.63) is 57.0 Å². The van der Waals surface area contributed by atoms with Gasteiger partial charge in [-0.25, -0.2) is 4.79 Å². The summed E-state index contributed by atoms with van der Waals surface area (Å²) in [6.45, 7) is 1.95. The zero-order valence-electron chi connectivity index (χ0n) is 14.3. The molecule has 0 saturated heterocycles. The van der Waals surface area contributed by atoms with Gasteiger partial charge < -0.3 is 14.1 Å². The molecule has 0 bridgehead atoms. The highest BCUT2D eigenvalue weighted by Gasteiger charge is 2.18. The van der Waals surface area contributed by atoms with E-state index in [0.29, 0.717) is 40.0 Å². The quantitative estimate of drug-likeness (QED) is 0.698. The molecule has 1 aromatic heterocycles. The predicted molar refractivity (Wildman–Crippen MR) is 96.0 cm³/mol. The van der Waals surface area contributed by atoms with E-state index in [1.807, 2.05) is 6.07 Å². The Labute approximate surface area is 156 Å². The van der Waals surface area contributed by atoms with Crippen LogP contribution >= 0.6 is 23.2 Å². The third kappa shape index (κ3) is 5.00. The van der Waals surface area contributed by atoms with Crippen LogP contribution < -0.4 is 0 Å². The number of esters is 1. The molecule has 2 aromatic rings. The van der Waals surface area contributed by atoms with E-state index in [2.05, 4.69) is 4.74 Å². The number of carbonyl (C=O) groups is 2. The van der Waals surface area contributed by atoms with Gasteiger partial charge in [-0.15, -0.1) is 0 Å². The average Bonchev–Trinajstić information content (AvgIpc) is 2.93. The molecule has 0 aliphatic carbocycles. The van der Waals surface area contributed by atoms with Crippen molar-refractivity contribution in [2.24, 2.45) is 0 Å². The number of ether oxygens (including phenoxy) is 1. The van der Waals surface area contributed by atoms with Gasteiger partial charge in [-0.3, -0.25) is 4.79 Å². The molecule has 5 nitrogen and oxygen atoms in total. The molecule has 1 amide bonds. The molecule has 25 heavy (non-hydrogen) atoms. The smallest absolute Gasteiger partial charge is 0.341 e. The van der Waals surface area contributed by atoms with E-state index < -0.39 is 5.97 Å². The number of hydrogen-bond donors (Lipinski definition) is 0. The number of furan rings is 1. The normalized spacial score (nSPS) is 10.6. The lowest BCUT2D eigenvalue weighted by molar-refractivity contribution is -0.130. The summed E-state index contributed by atoms with van der Waals surface area (Å²) in [5, 5.41) is 1.11. The first-order chi connectivity index (χ1) is 11.8. The summed E-state index contributed by atoms with van der Waals surface area (Å²) in [4.78, 5) is 25.4. The van der Waals surface area contributed by atoms with Gasteiger partial charge in [0.15, 0.2) is 0 Å². The molecule has 0 spiro atoms. The van der Waals surface area contributed by atoms with Gasteiger partial charge in [-0.05, 0) is 37.1 Å². The highest BCUT2D eigenvalue weighted by Crippen LogP contribution is 2.22. The lowest BCUT2D eigenvalue weighted by atomic mass is 10.1. The maximum absolute atomic E-state index is 12.3. The largest absolute Gasteiger partial charge is 0.465 e. The zero-order valence-corrected chi connectivity index (χ0v) is 15.8. The second kappa shape index (κ2) is 8.41. The van der Waals surface area contributed by atoms with Crippen molar-refractivity contribution in [1.82, 2.24) is 4.90 Å². The fourth-order valence-corrected chi connectivity index (χ4v) is 2.92. The number of methoxy groups -OCH3 is 1. The summed E-state index contributed by atoms with van der Waals surface area (Å²) >= 11 is 12.0. The summed E-state index contributed by atoms with van der Waals surface area (Å²) in [5.74, 6) is 0.479. The van der Waals surface area contributed by atoms with Crippen LogP contribution in [0.25, 0.3) is 0 Å². The van der Waals surface area contributed by atoms with Crippen LogP contribution in [0.1, 0.15) is 33.9 Å². The van der Waals surface area contributed by atoms with Crippen LogP contribution in [0.3, 0.4) is 0 Å². The first kappa shape index (κ1) is 19.3. The van der Waals surface area contributed by atoms with E-state index in [9.17, 15) is 9.59 Å². The van der Waals surface area contributed by atoms with Gasteiger partial charge in [0.1, 0.15) is 17.1 Å². The molecular formula is C18H19Cl2NO4. The molecule has 0 atom stereocenters. The topological polar surface area (TPSA) is 59.8 Å². The number of halogens is 2. The Hall–Kier alpha value is -1.98. The van der Waals surface area contributed by atoms with Crippen molar-refractivity contribution >= 4 is 35.1 Å². The molecule has 0 aliphatic heterocycles. The van der Waals surface area contributed by atoms with Gasteiger partial charge in [0.25, 0.3) is 0 Å². The van der Waals surface area contributed by atoms with E-state index in [-0.39, 0.29) is 12.5 Å². The van der Waals surface area contributed by atoms with Crippen LogP contribution in [0.2, 0.25) is 10.0 Å². The Morgan fingerprint density at radius 2 is 1.96 bits per heavy atom. The molecule has 0 fully saturated rings. The van der Waals surface area contributed by atoms with Crippen molar-refractivity contribution in [1.29, 1.82) is 0 Å². The fraction of sp³-hybridized carbons (Fsp3) is 0.333. The third-order valence-electron chi connectivity index (χ3n) is 3.82. The molecule has 0 radical (unpaired) electrons. The van der Waals surface area contributed by atoms with E-state index in [1.54, 1.807) is 37.1 Å². The van der Waals surface area contributed by atoms with Crippen LogP contribution in [0.5, 0.6) is 0 Å². The molecule has 134 valence electrons. The molecular weight excluding hydrogens is 365 g/mol. The van der Waals surface area contributed by atoms with Gasteiger partial charge in [-0.1, -0.05) is 29.3 Å². The van der Waals surface area contributed by atoms with Crippen LogP contribution in [0.15, 0.2) is 28.7 Å². The summed E-state index contributed by atoms with van der Waals surface area (Å²) in [6, 6.07) is 6.82. The lowest BCUT2D eigenvalue weighted by Gasteiger charge is -2.16. The van der Waals surface area contributed by atoms with E-state index in [4.69, 9.17) is 27.6 Å². The van der Waals surface area contributed by atoms with Crippen molar-refractivity contribution in [2.45, 2.75) is 26.3 Å². The van der Waals surface area contributed by atoms with E-state index >= 15 is 0 Å². The highest BCUT2D eigenvalue weighted by atomic mass is 35.5. The summed E-state index contributed by atoms with van der Waals surface area (Å²) < 4.78 is 10.2. The molecule has 0 unspecified atom stereocenters. The van der Waals surface area contributed by atoms with E-state index in [0.717, 1.165) is 5.56 Å². The molecule has 0 aliphatic rings. The Morgan fingerprint density at radius 3 is 2.60 bits per heavy atom. The fourth-order valence-electron chi connectivity index (χ4n) is 2.41. The van der Waals surface area contributed by atoms with E-state index in [1.165, 1.54) is 7.11 Å². The van der Waals surface area contributed by atoms with Gasteiger partial charge in [0.2, 0.25) is 5.91 Å². The summed E-state index contributed by atoms with van der Waals surface area (Å²) in [7, 11) is 2.99. The van der Waals surface area contributed by atoms with Crippen LogP contribution in [-0.4, -0.2) is 30.9 Å². The van der Waals surface area contributed by atoms with Crippen LogP contribution in [-0.2, 0) is 22.5 Å². The predicted octanol–water partition coefficient (Wildman–Crippen LogP) is 4.27. The monoisotopic (exact) mass is 383 g/mol. The minimum atomic E-state index is -0.459. The summed E-state index contributed by atoms with van der Waals surface area (Å²) in [6.07, 6.45) is 0.825. The number of nitrogens with zero attached hydrogens (tertiary/aromatic N) is 1. The molecule has 7 heteroatoms. The second-order valence-corrected chi connectivity index (χ2v) is 6.50. The van der Waals surface area contributed by atoms with Gasteiger partial charge >= 0.3 is 5.97 Å². The minimum absolute atomic E-state index is 0.0558. The number of benzene rings is 1. The second-order valence-electron chi connectivity index (χ2n) is 5.66. The Bertz CT molecular complexity index is 785. The molecule has 1 heterocycles. The number of hydrogen-bond acceptors (Lipinski definition) is 4. The van der Waals surface area contributed by atoms with Crippen molar-refractivity contribution in [2.75, 3.05) is 14.2 Å². The molecule has 2 rings (SSSR count). The first-order valence-corrected chi connectivity index (χ1v) is 8.43.